The summed E-state index contributed by atoms with van der Waals surface area (Å²) >= 11 is 0. The number of carbonyl (C=O) groups excluding carboxylic acids is 1. The minimum atomic E-state index is -0.967. The summed E-state index contributed by atoms with van der Waals surface area (Å²) in [5, 5.41) is 11.7. The number of carboxylic acids is 1. The van der Waals surface area contributed by atoms with Gasteiger partial charge in [0, 0.05) is 5.56 Å². The minimum absolute atomic E-state index is 0.123. The predicted octanol–water partition coefficient (Wildman–Crippen LogP) is 1.61. The summed E-state index contributed by atoms with van der Waals surface area (Å²) < 4.78 is 5.18. The van der Waals surface area contributed by atoms with E-state index in [1.165, 1.54) is 0 Å². The van der Waals surface area contributed by atoms with Crippen LogP contribution in [0, 0.1) is 5.92 Å². The number of amides is 1. The molecule has 1 fully saturated rings. The van der Waals surface area contributed by atoms with E-state index >= 15 is 0 Å². The lowest BCUT2D eigenvalue weighted by Gasteiger charge is -2.15. The Morgan fingerprint density at radius 3 is 2.70 bits per heavy atom. The molecule has 2 N–H and O–H groups in total. The molecular formula is C15H19NO4. The van der Waals surface area contributed by atoms with Gasteiger partial charge in [-0.05, 0) is 18.4 Å². The number of hydrogen-bond acceptors (Lipinski definition) is 3. The number of carbonyl (C=O) groups is 2. The monoisotopic (exact) mass is 277 g/mol. The number of carboxylic acid groups (broad SMARTS) is 1. The summed E-state index contributed by atoms with van der Waals surface area (Å²) in [6.45, 7) is 0. The third-order valence-electron chi connectivity index (χ3n) is 3.44. The largest absolute Gasteiger partial charge is 0.496 e. The first kappa shape index (κ1) is 14.4. The first-order chi connectivity index (χ1) is 9.60. The van der Waals surface area contributed by atoms with Gasteiger partial charge in [-0.25, -0.2) is 4.79 Å². The molecule has 0 bridgehead atoms. The molecule has 1 saturated carbocycles. The van der Waals surface area contributed by atoms with E-state index in [4.69, 9.17) is 9.84 Å². The molecule has 5 heteroatoms. The van der Waals surface area contributed by atoms with Crippen LogP contribution in [0.4, 0.5) is 0 Å². The molecule has 1 unspecified atom stereocenters. The number of ether oxygens (including phenoxy) is 1. The molecule has 0 heterocycles. The molecule has 2 rings (SSSR count). The highest BCUT2D eigenvalue weighted by atomic mass is 16.5. The number of nitrogens with one attached hydrogen (secondary N) is 1. The van der Waals surface area contributed by atoms with Gasteiger partial charge in [0.05, 0.1) is 13.5 Å². The predicted molar refractivity (Wildman–Crippen MR) is 73.6 cm³/mol. The third-order valence-corrected chi connectivity index (χ3v) is 3.44. The maximum atomic E-state index is 12.0. The number of para-hydroxylation sites is 1. The maximum Gasteiger partial charge on any atom is 0.326 e. The van der Waals surface area contributed by atoms with Gasteiger partial charge in [-0.3, -0.25) is 4.79 Å². The van der Waals surface area contributed by atoms with E-state index < -0.39 is 12.0 Å². The van der Waals surface area contributed by atoms with E-state index in [0.717, 1.165) is 18.4 Å². The van der Waals surface area contributed by atoms with Gasteiger partial charge in [0.1, 0.15) is 11.8 Å². The van der Waals surface area contributed by atoms with E-state index in [1.807, 2.05) is 12.1 Å². The van der Waals surface area contributed by atoms with Crippen LogP contribution in [-0.2, 0) is 16.0 Å². The van der Waals surface area contributed by atoms with Crippen LogP contribution in [0.25, 0.3) is 0 Å². The molecule has 1 aliphatic rings. The van der Waals surface area contributed by atoms with Crippen LogP contribution >= 0.6 is 0 Å². The lowest BCUT2D eigenvalue weighted by Crippen LogP contribution is -2.41. The highest BCUT2D eigenvalue weighted by molar-refractivity contribution is 5.85. The van der Waals surface area contributed by atoms with Crippen molar-refractivity contribution in [1.82, 2.24) is 5.32 Å². The van der Waals surface area contributed by atoms with Crippen LogP contribution in [0.5, 0.6) is 5.75 Å². The van der Waals surface area contributed by atoms with E-state index in [0.29, 0.717) is 18.1 Å². The second-order valence-electron chi connectivity index (χ2n) is 5.13. The zero-order chi connectivity index (χ0) is 14.5. The Hall–Kier alpha value is -2.04. The maximum absolute atomic E-state index is 12.0. The third kappa shape index (κ3) is 3.98. The Bertz CT molecular complexity index is 496. The van der Waals surface area contributed by atoms with E-state index in [-0.39, 0.29) is 12.3 Å². The van der Waals surface area contributed by atoms with Crippen molar-refractivity contribution >= 4 is 11.9 Å². The summed E-state index contributed by atoms with van der Waals surface area (Å²) in [6.07, 6.45) is 2.77. The van der Waals surface area contributed by atoms with Crippen molar-refractivity contribution in [2.24, 2.45) is 5.92 Å². The van der Waals surface area contributed by atoms with Crippen molar-refractivity contribution < 1.29 is 19.4 Å². The van der Waals surface area contributed by atoms with Crippen LogP contribution in [-0.4, -0.2) is 30.1 Å². The summed E-state index contributed by atoms with van der Waals surface area (Å²) in [5.41, 5.74) is 0.753. The Kier molecular flexibility index (Phi) is 4.61. The number of benzene rings is 1. The normalized spacial score (nSPS) is 15.4. The average molecular weight is 277 g/mol. The van der Waals surface area contributed by atoms with Gasteiger partial charge in [0.2, 0.25) is 5.91 Å². The summed E-state index contributed by atoms with van der Waals surface area (Å²) in [6, 6.07) is 6.44. The first-order valence-corrected chi connectivity index (χ1v) is 6.74. The molecule has 1 atom stereocenters. The van der Waals surface area contributed by atoms with Crippen molar-refractivity contribution in [2.75, 3.05) is 7.11 Å². The van der Waals surface area contributed by atoms with Gasteiger partial charge in [0.15, 0.2) is 0 Å². The number of hydrogen-bond donors (Lipinski definition) is 2. The Balaban J connectivity index is 1.94. The summed E-state index contributed by atoms with van der Waals surface area (Å²) in [4.78, 5) is 23.1. The minimum Gasteiger partial charge on any atom is -0.496 e. The molecule has 0 aliphatic heterocycles. The molecule has 5 nitrogen and oxygen atoms in total. The van der Waals surface area contributed by atoms with Gasteiger partial charge < -0.3 is 15.2 Å². The smallest absolute Gasteiger partial charge is 0.326 e. The SMILES string of the molecule is COc1ccccc1CC(=O)NC(CC1CC1)C(=O)O. The molecule has 1 aliphatic carbocycles. The lowest BCUT2D eigenvalue weighted by molar-refractivity contribution is -0.142. The molecule has 0 spiro atoms. The number of rotatable bonds is 7. The zero-order valence-corrected chi connectivity index (χ0v) is 11.5. The fourth-order valence-electron chi connectivity index (χ4n) is 2.18. The Labute approximate surface area is 117 Å². The first-order valence-electron chi connectivity index (χ1n) is 6.74. The highest BCUT2D eigenvalue weighted by Gasteiger charge is 2.30. The van der Waals surface area contributed by atoms with Crippen LogP contribution in [0.3, 0.4) is 0 Å². The van der Waals surface area contributed by atoms with Gasteiger partial charge in [-0.1, -0.05) is 31.0 Å². The quantitative estimate of drug-likeness (QED) is 0.794. The van der Waals surface area contributed by atoms with Crippen molar-refractivity contribution in [3.8, 4) is 5.75 Å². The van der Waals surface area contributed by atoms with E-state index in [2.05, 4.69) is 5.32 Å². The molecule has 0 radical (unpaired) electrons. The molecule has 108 valence electrons. The highest BCUT2D eigenvalue weighted by Crippen LogP contribution is 2.33. The van der Waals surface area contributed by atoms with Crippen LogP contribution in [0.15, 0.2) is 24.3 Å². The molecule has 0 saturated heterocycles. The van der Waals surface area contributed by atoms with Gasteiger partial charge in [-0.2, -0.15) is 0 Å². The number of methoxy groups -OCH3 is 1. The fourth-order valence-corrected chi connectivity index (χ4v) is 2.18. The van der Waals surface area contributed by atoms with Crippen LogP contribution in [0.1, 0.15) is 24.8 Å². The molecular weight excluding hydrogens is 258 g/mol. The van der Waals surface area contributed by atoms with Crippen molar-refractivity contribution in [2.45, 2.75) is 31.7 Å². The van der Waals surface area contributed by atoms with Crippen molar-refractivity contribution in [1.29, 1.82) is 0 Å². The second-order valence-corrected chi connectivity index (χ2v) is 5.13. The van der Waals surface area contributed by atoms with E-state index in [9.17, 15) is 9.59 Å². The van der Waals surface area contributed by atoms with Crippen molar-refractivity contribution in [3.05, 3.63) is 29.8 Å². The topological polar surface area (TPSA) is 75.6 Å². The number of aliphatic carboxylic acids is 1. The van der Waals surface area contributed by atoms with Crippen LogP contribution in [0.2, 0.25) is 0 Å². The molecule has 1 aromatic rings. The molecule has 1 amide bonds. The second kappa shape index (κ2) is 6.41. The standard InChI is InChI=1S/C15H19NO4/c1-20-13-5-3-2-4-11(13)9-14(17)16-12(15(18)19)8-10-6-7-10/h2-5,10,12H,6-9H2,1H3,(H,16,17)(H,18,19). The molecule has 0 aromatic heterocycles. The van der Waals surface area contributed by atoms with Crippen molar-refractivity contribution in [3.63, 3.8) is 0 Å². The van der Waals surface area contributed by atoms with E-state index in [1.54, 1.807) is 19.2 Å². The lowest BCUT2D eigenvalue weighted by atomic mass is 10.1. The van der Waals surface area contributed by atoms with Gasteiger partial charge in [-0.15, -0.1) is 0 Å². The summed E-state index contributed by atoms with van der Waals surface area (Å²) in [7, 11) is 1.55. The van der Waals surface area contributed by atoms with Crippen LogP contribution < -0.4 is 10.1 Å². The molecule has 1 aromatic carbocycles. The Morgan fingerprint density at radius 1 is 1.40 bits per heavy atom. The molecule has 20 heavy (non-hydrogen) atoms. The Morgan fingerprint density at radius 2 is 2.10 bits per heavy atom. The van der Waals surface area contributed by atoms with Gasteiger partial charge >= 0.3 is 5.97 Å². The summed E-state index contributed by atoms with van der Waals surface area (Å²) in [5.74, 6) is -0.174. The van der Waals surface area contributed by atoms with Gasteiger partial charge in [0.25, 0.3) is 0 Å². The average Bonchev–Trinajstić information content (AvgIpc) is 3.22. The zero-order valence-electron chi connectivity index (χ0n) is 11.5. The fraction of sp³-hybridized carbons (Fsp3) is 0.467.